The molecule has 0 aliphatic heterocycles. The molecule has 4 nitrogen and oxygen atoms in total. The maximum atomic E-state index is 10.7. The first-order valence-electron chi connectivity index (χ1n) is 4.46. The molecule has 0 amide bonds. The maximum absolute atomic E-state index is 10.7. The average molecular weight is 194 g/mol. The van der Waals surface area contributed by atoms with Crippen molar-refractivity contribution in [3.05, 3.63) is 24.0 Å². The predicted octanol–water partition coefficient (Wildman–Crippen LogP) is 1.49. The van der Waals surface area contributed by atoms with Crippen LogP contribution in [0.5, 0.6) is 0 Å². The molecule has 0 spiro atoms. The summed E-state index contributed by atoms with van der Waals surface area (Å²) in [6.07, 6.45) is 1.59. The van der Waals surface area contributed by atoms with Gasteiger partial charge in [-0.25, -0.2) is 0 Å². The number of hydrogen-bond donors (Lipinski definition) is 2. The quantitative estimate of drug-likeness (QED) is 0.764. The molecule has 2 unspecified atom stereocenters. The van der Waals surface area contributed by atoms with E-state index in [0.29, 0.717) is 5.69 Å². The van der Waals surface area contributed by atoms with Gasteiger partial charge in [0.1, 0.15) is 0 Å². The van der Waals surface area contributed by atoms with E-state index in [1.165, 1.54) is 0 Å². The molecular weight excluding hydrogens is 180 g/mol. The standard InChI is InChI=1S/C10H14N2O2/c1-6(7(2)10(13)14)9-5-8(11)3-4-12-9/h3-7H,1-2H3,(H2,11,12)(H,13,14). The topological polar surface area (TPSA) is 76.2 Å². The van der Waals surface area contributed by atoms with Gasteiger partial charge in [-0.15, -0.1) is 0 Å². The lowest BCUT2D eigenvalue weighted by Crippen LogP contribution is -2.17. The molecule has 1 aromatic rings. The van der Waals surface area contributed by atoms with Gasteiger partial charge in [0.2, 0.25) is 0 Å². The van der Waals surface area contributed by atoms with Crippen LogP contribution in [-0.2, 0) is 4.79 Å². The fourth-order valence-corrected chi connectivity index (χ4v) is 1.18. The monoisotopic (exact) mass is 194 g/mol. The van der Waals surface area contributed by atoms with Crippen molar-refractivity contribution >= 4 is 11.7 Å². The summed E-state index contributed by atoms with van der Waals surface area (Å²) < 4.78 is 0. The molecule has 0 aromatic carbocycles. The average Bonchev–Trinajstić information content (AvgIpc) is 2.15. The van der Waals surface area contributed by atoms with E-state index >= 15 is 0 Å². The first-order valence-corrected chi connectivity index (χ1v) is 4.46. The highest BCUT2D eigenvalue weighted by atomic mass is 16.4. The Morgan fingerprint density at radius 1 is 1.57 bits per heavy atom. The Morgan fingerprint density at radius 3 is 2.71 bits per heavy atom. The molecule has 0 saturated carbocycles. The highest BCUT2D eigenvalue weighted by Crippen LogP contribution is 2.23. The van der Waals surface area contributed by atoms with E-state index < -0.39 is 11.9 Å². The van der Waals surface area contributed by atoms with Gasteiger partial charge >= 0.3 is 5.97 Å². The van der Waals surface area contributed by atoms with Crippen LogP contribution in [0.4, 0.5) is 5.69 Å². The van der Waals surface area contributed by atoms with Crippen LogP contribution in [0.25, 0.3) is 0 Å². The Hall–Kier alpha value is -1.58. The molecule has 0 bridgehead atoms. The number of aromatic nitrogens is 1. The first kappa shape index (κ1) is 10.5. The van der Waals surface area contributed by atoms with Gasteiger partial charge in [-0.3, -0.25) is 9.78 Å². The van der Waals surface area contributed by atoms with E-state index in [-0.39, 0.29) is 5.92 Å². The molecule has 0 aliphatic carbocycles. The smallest absolute Gasteiger partial charge is 0.306 e. The number of carboxylic acids is 1. The number of nitrogen functional groups attached to an aromatic ring is 1. The third-order valence-corrected chi connectivity index (χ3v) is 2.41. The van der Waals surface area contributed by atoms with Crippen molar-refractivity contribution in [2.45, 2.75) is 19.8 Å². The molecule has 14 heavy (non-hydrogen) atoms. The minimum absolute atomic E-state index is 0.129. The number of nitrogens with two attached hydrogens (primary N) is 1. The van der Waals surface area contributed by atoms with Crippen molar-refractivity contribution in [3.8, 4) is 0 Å². The molecule has 0 aliphatic rings. The Balaban J connectivity index is 2.89. The Kier molecular flexibility index (Phi) is 3.06. The minimum Gasteiger partial charge on any atom is -0.481 e. The molecule has 1 aromatic heterocycles. The lowest BCUT2D eigenvalue weighted by atomic mass is 9.92. The summed E-state index contributed by atoms with van der Waals surface area (Å²) in [5.74, 6) is -1.40. The van der Waals surface area contributed by atoms with Crippen LogP contribution in [0.1, 0.15) is 25.5 Å². The van der Waals surface area contributed by atoms with Crippen molar-refractivity contribution in [2.24, 2.45) is 5.92 Å². The van der Waals surface area contributed by atoms with Gasteiger partial charge in [-0.2, -0.15) is 0 Å². The van der Waals surface area contributed by atoms with Gasteiger partial charge in [0.25, 0.3) is 0 Å². The fourth-order valence-electron chi connectivity index (χ4n) is 1.18. The summed E-state index contributed by atoms with van der Waals surface area (Å²) in [6.45, 7) is 3.50. The lowest BCUT2D eigenvalue weighted by Gasteiger charge is -2.15. The van der Waals surface area contributed by atoms with Gasteiger partial charge < -0.3 is 10.8 Å². The van der Waals surface area contributed by atoms with Gasteiger partial charge in [-0.1, -0.05) is 13.8 Å². The normalized spacial score (nSPS) is 14.7. The molecule has 0 radical (unpaired) electrons. The second kappa shape index (κ2) is 4.09. The van der Waals surface area contributed by atoms with Crippen molar-refractivity contribution in [2.75, 3.05) is 5.73 Å². The number of rotatable bonds is 3. The Labute approximate surface area is 82.8 Å². The van der Waals surface area contributed by atoms with Gasteiger partial charge in [0, 0.05) is 23.5 Å². The van der Waals surface area contributed by atoms with Crippen molar-refractivity contribution in [1.29, 1.82) is 0 Å². The Morgan fingerprint density at radius 2 is 2.21 bits per heavy atom. The van der Waals surface area contributed by atoms with Crippen LogP contribution in [0, 0.1) is 5.92 Å². The van der Waals surface area contributed by atoms with Crippen molar-refractivity contribution in [1.82, 2.24) is 4.98 Å². The molecule has 3 N–H and O–H groups in total. The highest BCUT2D eigenvalue weighted by molar-refractivity contribution is 5.70. The summed E-state index contributed by atoms with van der Waals surface area (Å²) in [5, 5.41) is 8.82. The molecular formula is C10H14N2O2. The lowest BCUT2D eigenvalue weighted by molar-refractivity contribution is -0.141. The molecule has 0 fully saturated rings. The first-order chi connectivity index (χ1) is 6.52. The van der Waals surface area contributed by atoms with Crippen LogP contribution in [0.2, 0.25) is 0 Å². The summed E-state index contributed by atoms with van der Waals surface area (Å²) in [5.41, 5.74) is 6.92. The SMILES string of the molecule is CC(C(=O)O)C(C)c1cc(N)ccn1. The maximum Gasteiger partial charge on any atom is 0.306 e. The largest absolute Gasteiger partial charge is 0.481 e. The van der Waals surface area contributed by atoms with Crippen LogP contribution in [0.15, 0.2) is 18.3 Å². The van der Waals surface area contributed by atoms with E-state index in [2.05, 4.69) is 4.98 Å². The van der Waals surface area contributed by atoms with Crippen LogP contribution in [-0.4, -0.2) is 16.1 Å². The number of carbonyl (C=O) groups is 1. The Bertz CT molecular complexity index is 339. The summed E-state index contributed by atoms with van der Waals surface area (Å²) in [7, 11) is 0. The highest BCUT2D eigenvalue weighted by Gasteiger charge is 2.21. The van der Waals surface area contributed by atoms with Gasteiger partial charge in [0.15, 0.2) is 0 Å². The van der Waals surface area contributed by atoms with Crippen LogP contribution >= 0.6 is 0 Å². The zero-order chi connectivity index (χ0) is 10.7. The molecule has 4 heteroatoms. The molecule has 0 saturated heterocycles. The van der Waals surface area contributed by atoms with E-state index in [4.69, 9.17) is 10.8 Å². The van der Waals surface area contributed by atoms with Crippen LogP contribution in [0.3, 0.4) is 0 Å². The molecule has 1 heterocycles. The van der Waals surface area contributed by atoms with Crippen molar-refractivity contribution in [3.63, 3.8) is 0 Å². The fraction of sp³-hybridized carbons (Fsp3) is 0.400. The molecule has 76 valence electrons. The van der Waals surface area contributed by atoms with E-state index in [1.54, 1.807) is 25.3 Å². The number of nitrogens with zero attached hydrogens (tertiary/aromatic N) is 1. The van der Waals surface area contributed by atoms with E-state index in [0.717, 1.165) is 5.69 Å². The zero-order valence-electron chi connectivity index (χ0n) is 8.27. The minimum atomic E-state index is -0.818. The number of pyridine rings is 1. The van der Waals surface area contributed by atoms with Crippen LogP contribution < -0.4 is 5.73 Å². The number of aliphatic carboxylic acids is 1. The second-order valence-electron chi connectivity index (χ2n) is 3.43. The summed E-state index contributed by atoms with van der Waals surface area (Å²) in [4.78, 5) is 14.8. The summed E-state index contributed by atoms with van der Waals surface area (Å²) in [6, 6.07) is 3.39. The molecule has 1 rings (SSSR count). The zero-order valence-corrected chi connectivity index (χ0v) is 8.27. The van der Waals surface area contributed by atoms with E-state index in [9.17, 15) is 4.79 Å². The van der Waals surface area contributed by atoms with Gasteiger partial charge in [0.05, 0.1) is 5.92 Å². The van der Waals surface area contributed by atoms with E-state index in [1.807, 2.05) is 6.92 Å². The number of hydrogen-bond acceptors (Lipinski definition) is 3. The number of carboxylic acid groups (broad SMARTS) is 1. The third-order valence-electron chi connectivity index (χ3n) is 2.41. The number of anilines is 1. The molecule has 2 atom stereocenters. The summed E-state index contributed by atoms with van der Waals surface area (Å²) >= 11 is 0. The van der Waals surface area contributed by atoms with Crippen molar-refractivity contribution < 1.29 is 9.90 Å². The second-order valence-corrected chi connectivity index (χ2v) is 3.43. The third kappa shape index (κ3) is 2.22. The predicted molar refractivity (Wildman–Crippen MR) is 53.9 cm³/mol. The van der Waals surface area contributed by atoms with Gasteiger partial charge in [-0.05, 0) is 12.1 Å².